The van der Waals surface area contributed by atoms with Crippen LogP contribution in [0.4, 0.5) is 0 Å². The lowest BCUT2D eigenvalue weighted by molar-refractivity contribution is 0.0686. The molecule has 6 nitrogen and oxygen atoms in total. The Hall–Kier alpha value is -3.43. The lowest BCUT2D eigenvalue weighted by atomic mass is 9.88. The zero-order valence-corrected chi connectivity index (χ0v) is 18.4. The fraction of sp³-hybridized carbons (Fsp3) is 0.346. The van der Waals surface area contributed by atoms with E-state index in [2.05, 4.69) is 42.2 Å². The summed E-state index contributed by atoms with van der Waals surface area (Å²) in [6, 6.07) is 14.1. The zero-order chi connectivity index (χ0) is 22.5. The quantitative estimate of drug-likeness (QED) is 0.649. The normalized spacial score (nSPS) is 14.3. The summed E-state index contributed by atoms with van der Waals surface area (Å²) in [6.45, 7) is 3.63. The molecule has 1 saturated heterocycles. The van der Waals surface area contributed by atoms with E-state index in [1.54, 1.807) is 30.9 Å². The van der Waals surface area contributed by atoms with Gasteiger partial charge in [0.15, 0.2) is 0 Å². The van der Waals surface area contributed by atoms with Crippen LogP contribution in [0, 0.1) is 24.2 Å². The molecule has 32 heavy (non-hydrogen) atoms. The highest BCUT2D eigenvalue weighted by Gasteiger charge is 2.28. The maximum atomic E-state index is 13.6. The van der Waals surface area contributed by atoms with E-state index in [0.29, 0.717) is 47.8 Å². The summed E-state index contributed by atoms with van der Waals surface area (Å²) in [5.74, 6) is 0.448. The summed E-state index contributed by atoms with van der Waals surface area (Å²) in [5.41, 5.74) is 4.81. The molecule has 0 radical (unpaired) electrons. The Morgan fingerprint density at radius 1 is 1.19 bits per heavy atom. The molecular formula is C26H28N4O2. The summed E-state index contributed by atoms with van der Waals surface area (Å²) >= 11 is 0. The van der Waals surface area contributed by atoms with E-state index in [0.717, 1.165) is 19.3 Å². The third-order valence-electron chi connectivity index (χ3n) is 6.48. The third kappa shape index (κ3) is 4.58. The number of hydrogen-bond acceptors (Lipinski definition) is 4. The monoisotopic (exact) mass is 428 g/mol. The molecule has 0 bridgehead atoms. The third-order valence-corrected chi connectivity index (χ3v) is 6.48. The van der Waals surface area contributed by atoms with E-state index in [1.165, 1.54) is 11.1 Å². The maximum Gasteiger partial charge on any atom is 0.254 e. The fourth-order valence-corrected chi connectivity index (χ4v) is 4.57. The molecule has 1 N–H and O–H groups in total. The van der Waals surface area contributed by atoms with Gasteiger partial charge in [-0.3, -0.25) is 4.79 Å². The van der Waals surface area contributed by atoms with Crippen molar-refractivity contribution in [1.29, 1.82) is 5.26 Å². The van der Waals surface area contributed by atoms with Crippen molar-refractivity contribution in [3.8, 4) is 6.07 Å². The molecule has 1 aliphatic heterocycles. The molecule has 0 aliphatic carbocycles. The largest absolute Gasteiger partial charge is 0.392 e. The van der Waals surface area contributed by atoms with Crippen LogP contribution in [-0.2, 0) is 19.6 Å². The Bertz CT molecular complexity index is 1120. The van der Waals surface area contributed by atoms with Crippen LogP contribution in [0.25, 0.3) is 0 Å². The highest BCUT2D eigenvalue weighted by molar-refractivity contribution is 5.98. The number of nitriles is 1. The second-order valence-electron chi connectivity index (χ2n) is 8.50. The minimum Gasteiger partial charge on any atom is -0.392 e. The number of carbonyl (C=O) groups excluding carboxylic acids is 1. The first-order valence-electron chi connectivity index (χ1n) is 11.1. The number of amides is 1. The Morgan fingerprint density at radius 2 is 1.97 bits per heavy atom. The average molecular weight is 429 g/mol. The van der Waals surface area contributed by atoms with Gasteiger partial charge in [-0.05, 0) is 54.9 Å². The number of rotatable bonds is 6. The number of likely N-dealkylation sites (tertiary alicyclic amines) is 1. The van der Waals surface area contributed by atoms with Gasteiger partial charge in [0.25, 0.3) is 5.91 Å². The number of carbonyl (C=O) groups is 1. The smallest absolute Gasteiger partial charge is 0.254 e. The topological polar surface area (TPSA) is 82.2 Å². The molecule has 1 aliphatic rings. The lowest BCUT2D eigenvalue weighted by Crippen LogP contribution is -2.40. The molecule has 0 saturated carbocycles. The minimum absolute atomic E-state index is 0.101. The van der Waals surface area contributed by atoms with Crippen LogP contribution in [0.15, 0.2) is 55.1 Å². The summed E-state index contributed by atoms with van der Waals surface area (Å²) in [6.07, 6.45) is 8.07. The number of imidazole rings is 1. The molecule has 0 spiro atoms. The first-order valence-corrected chi connectivity index (χ1v) is 11.1. The van der Waals surface area contributed by atoms with Crippen LogP contribution in [-0.4, -0.2) is 38.6 Å². The zero-order valence-electron chi connectivity index (χ0n) is 18.4. The van der Waals surface area contributed by atoms with Crippen molar-refractivity contribution in [3.63, 3.8) is 0 Å². The Labute approximate surface area is 188 Å². The molecule has 4 rings (SSSR count). The Kier molecular flexibility index (Phi) is 6.67. The molecule has 3 aromatic rings. The summed E-state index contributed by atoms with van der Waals surface area (Å²) in [7, 11) is 0. The van der Waals surface area contributed by atoms with Crippen LogP contribution in [0.1, 0.15) is 51.0 Å². The predicted octanol–water partition coefficient (Wildman–Crippen LogP) is 3.70. The number of piperidine rings is 1. The maximum absolute atomic E-state index is 13.6. The lowest BCUT2D eigenvalue weighted by Gasteiger charge is -2.33. The highest BCUT2D eigenvalue weighted by atomic mass is 16.3. The van der Waals surface area contributed by atoms with Gasteiger partial charge in [-0.15, -0.1) is 0 Å². The van der Waals surface area contributed by atoms with Crippen molar-refractivity contribution in [2.24, 2.45) is 5.92 Å². The minimum atomic E-state index is -0.243. The van der Waals surface area contributed by atoms with Crippen LogP contribution in [0.5, 0.6) is 0 Å². The standard InChI is InChI=1S/C26H28N4O2/c1-19-4-2-3-5-21(19)14-20-8-11-30(12-9-20)26(32)25-23(17-31)7-6-22(15-27)24(25)16-29-13-10-28-18-29/h2-7,10,13,18,20,31H,8-9,11-12,14,16-17H2,1H3. The first kappa shape index (κ1) is 21.8. The number of aliphatic hydroxyl groups is 1. The summed E-state index contributed by atoms with van der Waals surface area (Å²) in [4.78, 5) is 19.5. The van der Waals surface area contributed by atoms with E-state index >= 15 is 0 Å². The molecule has 6 heteroatoms. The van der Waals surface area contributed by atoms with Gasteiger partial charge >= 0.3 is 0 Å². The van der Waals surface area contributed by atoms with Gasteiger partial charge in [-0.1, -0.05) is 30.3 Å². The molecule has 1 amide bonds. The first-order chi connectivity index (χ1) is 15.6. The van der Waals surface area contributed by atoms with Crippen molar-refractivity contribution >= 4 is 5.91 Å². The van der Waals surface area contributed by atoms with Gasteiger partial charge in [0.2, 0.25) is 0 Å². The average Bonchev–Trinajstić information content (AvgIpc) is 3.33. The van der Waals surface area contributed by atoms with Gasteiger partial charge in [0, 0.05) is 31.0 Å². The van der Waals surface area contributed by atoms with Crippen molar-refractivity contribution in [2.45, 2.75) is 39.3 Å². The molecule has 2 aromatic carbocycles. The number of aromatic nitrogens is 2. The van der Waals surface area contributed by atoms with Crippen LogP contribution >= 0.6 is 0 Å². The van der Waals surface area contributed by atoms with Crippen LogP contribution in [0.2, 0.25) is 0 Å². The van der Waals surface area contributed by atoms with Gasteiger partial charge in [0.05, 0.1) is 36.7 Å². The van der Waals surface area contributed by atoms with Gasteiger partial charge in [-0.2, -0.15) is 5.26 Å². The van der Waals surface area contributed by atoms with Crippen molar-refractivity contribution in [3.05, 3.63) is 88.5 Å². The number of nitrogens with zero attached hydrogens (tertiary/aromatic N) is 4. The Balaban J connectivity index is 1.54. The second kappa shape index (κ2) is 9.80. The van der Waals surface area contributed by atoms with Gasteiger partial charge < -0.3 is 14.6 Å². The van der Waals surface area contributed by atoms with Crippen LogP contribution < -0.4 is 0 Å². The number of hydrogen-bond donors (Lipinski definition) is 1. The van der Waals surface area contributed by atoms with E-state index in [1.807, 2.05) is 9.47 Å². The van der Waals surface area contributed by atoms with E-state index < -0.39 is 0 Å². The molecule has 1 aromatic heterocycles. The highest BCUT2D eigenvalue weighted by Crippen LogP contribution is 2.27. The summed E-state index contributed by atoms with van der Waals surface area (Å²) < 4.78 is 1.84. The second-order valence-corrected chi connectivity index (χ2v) is 8.50. The van der Waals surface area contributed by atoms with E-state index in [4.69, 9.17) is 0 Å². The van der Waals surface area contributed by atoms with Crippen molar-refractivity contribution in [2.75, 3.05) is 13.1 Å². The molecular weight excluding hydrogens is 400 g/mol. The number of aryl methyl sites for hydroxylation is 1. The molecule has 164 valence electrons. The molecule has 0 atom stereocenters. The fourth-order valence-electron chi connectivity index (χ4n) is 4.57. The SMILES string of the molecule is Cc1ccccc1CC1CCN(C(=O)c2c(CO)ccc(C#N)c2Cn2ccnc2)CC1. The van der Waals surface area contributed by atoms with E-state index in [-0.39, 0.29) is 12.5 Å². The van der Waals surface area contributed by atoms with Gasteiger partial charge in [0.1, 0.15) is 0 Å². The van der Waals surface area contributed by atoms with Gasteiger partial charge in [-0.25, -0.2) is 4.98 Å². The molecule has 1 fully saturated rings. The molecule has 2 heterocycles. The summed E-state index contributed by atoms with van der Waals surface area (Å²) in [5, 5.41) is 19.6. The Morgan fingerprint density at radius 3 is 2.62 bits per heavy atom. The number of aliphatic hydroxyl groups excluding tert-OH is 1. The van der Waals surface area contributed by atoms with Crippen molar-refractivity contribution in [1.82, 2.24) is 14.5 Å². The van der Waals surface area contributed by atoms with Crippen LogP contribution in [0.3, 0.4) is 0 Å². The predicted molar refractivity (Wildman–Crippen MR) is 122 cm³/mol. The number of benzene rings is 2. The molecule has 0 unspecified atom stereocenters. The van der Waals surface area contributed by atoms with Crippen molar-refractivity contribution < 1.29 is 9.90 Å². The van der Waals surface area contributed by atoms with E-state index in [9.17, 15) is 15.2 Å².